The first-order valence-corrected chi connectivity index (χ1v) is 11.0. The molecule has 2 aliphatic rings. The first-order chi connectivity index (χ1) is 15.5. The number of nitrogen functional groups attached to an aromatic ring is 1. The van der Waals surface area contributed by atoms with Crippen molar-refractivity contribution in [2.75, 3.05) is 18.8 Å². The number of carbonyl (C=O) groups excluding carboxylic acids is 1. The Morgan fingerprint density at radius 2 is 2.00 bits per heavy atom. The molecule has 0 unspecified atom stereocenters. The summed E-state index contributed by atoms with van der Waals surface area (Å²) >= 11 is 0. The Kier molecular flexibility index (Phi) is 5.00. The molecule has 3 aromatic heterocycles. The fourth-order valence-electron chi connectivity index (χ4n) is 5.28. The highest BCUT2D eigenvalue weighted by atomic mass is 16.2. The number of allylic oxidation sites excluding steroid dienone is 2. The molecule has 0 saturated carbocycles. The number of amides is 1. The van der Waals surface area contributed by atoms with E-state index in [-0.39, 0.29) is 11.3 Å². The van der Waals surface area contributed by atoms with Gasteiger partial charge in [-0.05, 0) is 55.2 Å². The van der Waals surface area contributed by atoms with Gasteiger partial charge in [0.05, 0.1) is 16.8 Å². The van der Waals surface area contributed by atoms with Gasteiger partial charge in [0.1, 0.15) is 24.1 Å². The highest BCUT2D eigenvalue weighted by Crippen LogP contribution is 2.48. The van der Waals surface area contributed by atoms with E-state index in [0.29, 0.717) is 5.82 Å². The molecule has 1 spiro atoms. The van der Waals surface area contributed by atoms with E-state index in [2.05, 4.69) is 37.2 Å². The summed E-state index contributed by atoms with van der Waals surface area (Å²) in [7, 11) is 2.03. The van der Waals surface area contributed by atoms with Gasteiger partial charge in [-0.1, -0.05) is 12.7 Å². The molecule has 3 aromatic rings. The number of nitrogens with zero attached hydrogens (tertiary/aromatic N) is 6. The van der Waals surface area contributed by atoms with Crippen molar-refractivity contribution < 1.29 is 4.79 Å². The SMILES string of the molecule is C=CC(=O)N1CCC2(CC=C(c3c(-c4ccncn4)c4c(N)ncnc4n3C)CC2)CC1. The van der Waals surface area contributed by atoms with Crippen LogP contribution in [0.25, 0.3) is 27.9 Å². The molecule has 0 atom stereocenters. The Balaban J connectivity index is 1.53. The van der Waals surface area contributed by atoms with Crippen molar-refractivity contribution in [3.05, 3.63) is 49.3 Å². The minimum absolute atomic E-state index is 0.0376. The van der Waals surface area contributed by atoms with Gasteiger partial charge < -0.3 is 15.2 Å². The standard InChI is InChI=1S/C24H27N7O/c1-3-18(32)31-12-9-24(10-13-31)7-4-16(5-8-24)21-19(17-6-11-26-14-27-17)20-22(25)28-15-29-23(20)30(21)2/h3-4,6,11,14-15H,1,5,7-10,12-13H2,2H3,(H2,25,28,29). The molecule has 1 aliphatic heterocycles. The third-order valence-electron chi connectivity index (χ3n) is 7.16. The molecule has 0 bridgehead atoms. The average Bonchev–Trinajstić information content (AvgIpc) is 3.14. The Labute approximate surface area is 186 Å². The number of hydrogen-bond donors (Lipinski definition) is 1. The quantitative estimate of drug-likeness (QED) is 0.641. The summed E-state index contributed by atoms with van der Waals surface area (Å²) < 4.78 is 2.11. The largest absolute Gasteiger partial charge is 0.383 e. The van der Waals surface area contributed by atoms with Gasteiger partial charge in [-0.15, -0.1) is 0 Å². The summed E-state index contributed by atoms with van der Waals surface area (Å²) in [6, 6.07) is 1.90. The number of rotatable bonds is 3. The van der Waals surface area contributed by atoms with Crippen molar-refractivity contribution in [3.63, 3.8) is 0 Å². The number of likely N-dealkylation sites (tertiary alicyclic amines) is 1. The fraction of sp³-hybridized carbons (Fsp3) is 0.375. The maximum atomic E-state index is 12.0. The fourth-order valence-corrected chi connectivity index (χ4v) is 5.28. The van der Waals surface area contributed by atoms with Crippen LogP contribution in [-0.2, 0) is 11.8 Å². The monoisotopic (exact) mass is 429 g/mol. The molecule has 1 amide bonds. The van der Waals surface area contributed by atoms with E-state index in [1.807, 2.05) is 18.0 Å². The van der Waals surface area contributed by atoms with E-state index in [1.165, 1.54) is 18.0 Å². The van der Waals surface area contributed by atoms with E-state index in [1.54, 1.807) is 12.5 Å². The topological polar surface area (TPSA) is 103 Å². The van der Waals surface area contributed by atoms with Gasteiger partial charge >= 0.3 is 0 Å². The summed E-state index contributed by atoms with van der Waals surface area (Å²) in [6.45, 7) is 5.23. The van der Waals surface area contributed by atoms with Gasteiger partial charge in [0, 0.05) is 31.9 Å². The van der Waals surface area contributed by atoms with Gasteiger partial charge in [-0.25, -0.2) is 19.9 Å². The predicted octanol–water partition coefficient (Wildman–Crippen LogP) is 3.37. The van der Waals surface area contributed by atoms with Crippen LogP contribution in [-0.4, -0.2) is 48.4 Å². The number of aryl methyl sites for hydroxylation is 1. The number of aromatic nitrogens is 5. The van der Waals surface area contributed by atoms with E-state index in [4.69, 9.17) is 5.73 Å². The van der Waals surface area contributed by atoms with Crippen LogP contribution in [0.15, 0.2) is 43.6 Å². The molecule has 1 fully saturated rings. The normalized spacial score (nSPS) is 18.0. The van der Waals surface area contributed by atoms with Crippen molar-refractivity contribution >= 4 is 28.3 Å². The number of fused-ring (bicyclic) bond motifs is 1. The molecule has 0 aromatic carbocycles. The zero-order valence-electron chi connectivity index (χ0n) is 18.3. The van der Waals surface area contributed by atoms with E-state index in [0.717, 1.165) is 73.2 Å². The van der Waals surface area contributed by atoms with Crippen molar-refractivity contribution in [2.45, 2.75) is 32.1 Å². The highest BCUT2D eigenvalue weighted by molar-refractivity contribution is 6.05. The van der Waals surface area contributed by atoms with Crippen molar-refractivity contribution in [1.29, 1.82) is 0 Å². The molecule has 5 rings (SSSR count). The lowest BCUT2D eigenvalue weighted by molar-refractivity contribution is -0.128. The van der Waals surface area contributed by atoms with Gasteiger partial charge in [-0.2, -0.15) is 0 Å². The van der Waals surface area contributed by atoms with Crippen LogP contribution in [0.3, 0.4) is 0 Å². The van der Waals surface area contributed by atoms with E-state index in [9.17, 15) is 4.79 Å². The lowest BCUT2D eigenvalue weighted by atomic mass is 9.68. The van der Waals surface area contributed by atoms with Crippen LogP contribution in [0.2, 0.25) is 0 Å². The summed E-state index contributed by atoms with van der Waals surface area (Å²) in [6.07, 6.45) is 13.7. The summed E-state index contributed by atoms with van der Waals surface area (Å²) in [5.74, 6) is 0.494. The zero-order chi connectivity index (χ0) is 22.3. The molecule has 0 radical (unpaired) electrons. The van der Waals surface area contributed by atoms with Crippen LogP contribution in [0.1, 0.15) is 37.8 Å². The lowest BCUT2D eigenvalue weighted by Crippen LogP contribution is -2.43. The maximum absolute atomic E-state index is 12.0. The summed E-state index contributed by atoms with van der Waals surface area (Å²) in [5, 5.41) is 0.834. The van der Waals surface area contributed by atoms with E-state index >= 15 is 0 Å². The Hall–Kier alpha value is -3.55. The molecule has 164 valence electrons. The molecular formula is C24H27N7O. The van der Waals surface area contributed by atoms with Crippen molar-refractivity contribution in [1.82, 2.24) is 29.4 Å². The average molecular weight is 430 g/mol. The summed E-state index contributed by atoms with van der Waals surface area (Å²) in [4.78, 5) is 31.2. The number of carbonyl (C=O) groups is 1. The molecule has 4 heterocycles. The Bertz CT molecular complexity index is 1220. The van der Waals surface area contributed by atoms with Crippen LogP contribution < -0.4 is 5.73 Å². The lowest BCUT2D eigenvalue weighted by Gasteiger charge is -2.43. The van der Waals surface area contributed by atoms with Crippen molar-refractivity contribution in [3.8, 4) is 11.3 Å². The van der Waals surface area contributed by atoms with Gasteiger partial charge in [0.2, 0.25) is 5.91 Å². The Morgan fingerprint density at radius 1 is 1.19 bits per heavy atom. The third-order valence-corrected chi connectivity index (χ3v) is 7.16. The molecular weight excluding hydrogens is 402 g/mol. The second-order valence-electron chi connectivity index (χ2n) is 8.80. The van der Waals surface area contributed by atoms with Crippen LogP contribution in [0, 0.1) is 5.41 Å². The number of nitrogens with two attached hydrogens (primary N) is 1. The number of hydrogen-bond acceptors (Lipinski definition) is 6. The second-order valence-corrected chi connectivity index (χ2v) is 8.80. The van der Waals surface area contributed by atoms with Crippen LogP contribution in [0.5, 0.6) is 0 Å². The molecule has 1 saturated heterocycles. The predicted molar refractivity (Wildman–Crippen MR) is 124 cm³/mol. The number of piperidine rings is 1. The van der Waals surface area contributed by atoms with Crippen molar-refractivity contribution in [2.24, 2.45) is 12.5 Å². The molecule has 2 N–H and O–H groups in total. The maximum Gasteiger partial charge on any atom is 0.245 e. The minimum Gasteiger partial charge on any atom is -0.383 e. The molecule has 32 heavy (non-hydrogen) atoms. The highest BCUT2D eigenvalue weighted by Gasteiger charge is 2.37. The van der Waals surface area contributed by atoms with Crippen LogP contribution in [0.4, 0.5) is 5.82 Å². The van der Waals surface area contributed by atoms with E-state index < -0.39 is 0 Å². The third kappa shape index (κ3) is 3.26. The van der Waals surface area contributed by atoms with Gasteiger partial charge in [-0.3, -0.25) is 4.79 Å². The molecule has 1 aliphatic carbocycles. The van der Waals surface area contributed by atoms with Gasteiger partial charge in [0.25, 0.3) is 0 Å². The summed E-state index contributed by atoms with van der Waals surface area (Å²) in [5.41, 5.74) is 11.5. The zero-order valence-corrected chi connectivity index (χ0v) is 18.3. The second kappa shape index (κ2) is 7.85. The smallest absolute Gasteiger partial charge is 0.245 e. The molecule has 8 heteroatoms. The Morgan fingerprint density at radius 3 is 2.66 bits per heavy atom. The first kappa shape index (κ1) is 20.4. The number of anilines is 1. The van der Waals surface area contributed by atoms with Crippen LogP contribution >= 0.6 is 0 Å². The molecule has 8 nitrogen and oxygen atoms in total. The minimum atomic E-state index is 0.0376. The first-order valence-electron chi connectivity index (χ1n) is 11.0. The van der Waals surface area contributed by atoms with Gasteiger partial charge in [0.15, 0.2) is 0 Å².